The zero-order valence-corrected chi connectivity index (χ0v) is 15.0. The van der Waals surface area contributed by atoms with Gasteiger partial charge in [0.1, 0.15) is 6.54 Å². The molecule has 1 aliphatic rings. The van der Waals surface area contributed by atoms with Crippen LogP contribution in [0.15, 0.2) is 29.2 Å². The number of sulfonamides is 1. The zero-order chi connectivity index (χ0) is 18.6. The molecule has 0 atom stereocenters. The lowest BCUT2D eigenvalue weighted by molar-refractivity contribution is -0.137. The van der Waals surface area contributed by atoms with E-state index in [-0.39, 0.29) is 10.8 Å². The van der Waals surface area contributed by atoms with E-state index in [1.807, 2.05) is 0 Å². The van der Waals surface area contributed by atoms with Crippen molar-refractivity contribution in [3.05, 3.63) is 29.8 Å². The summed E-state index contributed by atoms with van der Waals surface area (Å²) in [7, 11) is -3.96. The van der Waals surface area contributed by atoms with Crippen molar-refractivity contribution in [3.63, 3.8) is 0 Å². The highest BCUT2D eigenvalue weighted by molar-refractivity contribution is 7.89. The number of benzene rings is 1. The fraction of sp³-hybridized carbons (Fsp3) is 0.500. The molecule has 0 bridgehead atoms. The van der Waals surface area contributed by atoms with Crippen molar-refractivity contribution < 1.29 is 27.9 Å². The molecule has 8 nitrogen and oxygen atoms in total. The van der Waals surface area contributed by atoms with E-state index in [1.54, 1.807) is 18.7 Å². The van der Waals surface area contributed by atoms with Crippen LogP contribution < -0.4 is 0 Å². The van der Waals surface area contributed by atoms with Crippen LogP contribution in [0.2, 0.25) is 0 Å². The standard InChI is InChI=1S/C16H22N2O6S/c1-12(2)18(11-15(19)20)25(22,23)14-5-3-13(4-6-14)16(21)17-7-9-24-10-8-17/h3-6,12H,7-11H2,1-2H3,(H,19,20). The average Bonchev–Trinajstić information content (AvgIpc) is 2.59. The predicted octanol–water partition coefficient (Wildman–Crippen LogP) is 0.643. The Bertz CT molecular complexity index is 723. The second kappa shape index (κ2) is 7.94. The molecule has 0 aliphatic carbocycles. The van der Waals surface area contributed by atoms with Gasteiger partial charge in [-0.2, -0.15) is 4.31 Å². The first-order valence-electron chi connectivity index (χ1n) is 7.94. The SMILES string of the molecule is CC(C)N(CC(=O)O)S(=O)(=O)c1ccc(C(=O)N2CCOCC2)cc1. The lowest BCUT2D eigenvalue weighted by Gasteiger charge is -2.27. The summed E-state index contributed by atoms with van der Waals surface area (Å²) in [6, 6.07) is 5.06. The third-order valence-electron chi connectivity index (χ3n) is 3.87. The van der Waals surface area contributed by atoms with Crippen LogP contribution in [0, 0.1) is 0 Å². The molecule has 9 heteroatoms. The highest BCUT2D eigenvalue weighted by Crippen LogP contribution is 2.19. The van der Waals surface area contributed by atoms with Crippen LogP contribution in [-0.4, -0.2) is 73.5 Å². The molecule has 1 heterocycles. The second-order valence-corrected chi connectivity index (χ2v) is 7.86. The summed E-state index contributed by atoms with van der Waals surface area (Å²) in [4.78, 5) is 24.9. The van der Waals surface area contributed by atoms with Crippen LogP contribution in [0.5, 0.6) is 0 Å². The van der Waals surface area contributed by atoms with Crippen molar-refractivity contribution >= 4 is 21.9 Å². The number of aliphatic carboxylic acids is 1. The van der Waals surface area contributed by atoms with E-state index < -0.39 is 28.6 Å². The molecule has 1 aliphatic heterocycles. The van der Waals surface area contributed by atoms with Crippen molar-refractivity contribution in [2.75, 3.05) is 32.8 Å². The monoisotopic (exact) mass is 370 g/mol. The number of nitrogens with zero attached hydrogens (tertiary/aromatic N) is 2. The molecule has 1 amide bonds. The molecule has 0 unspecified atom stereocenters. The van der Waals surface area contributed by atoms with Crippen LogP contribution in [0.3, 0.4) is 0 Å². The molecular weight excluding hydrogens is 348 g/mol. The van der Waals surface area contributed by atoms with E-state index in [9.17, 15) is 18.0 Å². The molecular formula is C16H22N2O6S. The maximum Gasteiger partial charge on any atom is 0.318 e. The molecule has 0 aromatic heterocycles. The minimum absolute atomic E-state index is 0.0408. The van der Waals surface area contributed by atoms with Gasteiger partial charge in [0, 0.05) is 24.7 Å². The number of carboxylic acids is 1. The fourth-order valence-electron chi connectivity index (χ4n) is 2.53. The molecule has 0 saturated carbocycles. The quantitative estimate of drug-likeness (QED) is 0.788. The summed E-state index contributed by atoms with van der Waals surface area (Å²) in [5.41, 5.74) is 0.384. The number of ether oxygens (including phenoxy) is 1. The Hall–Kier alpha value is -1.97. The van der Waals surface area contributed by atoms with Gasteiger partial charge in [0.25, 0.3) is 5.91 Å². The molecule has 1 aromatic rings. The molecule has 0 spiro atoms. The molecule has 138 valence electrons. The second-order valence-electron chi connectivity index (χ2n) is 5.97. The van der Waals surface area contributed by atoms with Gasteiger partial charge in [-0.15, -0.1) is 0 Å². The molecule has 0 radical (unpaired) electrons. The zero-order valence-electron chi connectivity index (χ0n) is 14.2. The van der Waals surface area contributed by atoms with Gasteiger partial charge in [0.05, 0.1) is 18.1 Å². The maximum absolute atomic E-state index is 12.6. The van der Waals surface area contributed by atoms with Crippen LogP contribution in [0.25, 0.3) is 0 Å². The third-order valence-corrected chi connectivity index (χ3v) is 5.91. The number of rotatable bonds is 6. The van der Waals surface area contributed by atoms with Crippen LogP contribution in [-0.2, 0) is 19.6 Å². The fourth-order valence-corrected chi connectivity index (χ4v) is 4.12. The van der Waals surface area contributed by atoms with E-state index in [0.29, 0.717) is 31.9 Å². The van der Waals surface area contributed by atoms with Gasteiger partial charge in [-0.1, -0.05) is 0 Å². The van der Waals surface area contributed by atoms with E-state index in [2.05, 4.69) is 0 Å². The van der Waals surface area contributed by atoms with Gasteiger partial charge in [0.15, 0.2) is 0 Å². The number of carbonyl (C=O) groups is 2. The Morgan fingerprint density at radius 1 is 1.20 bits per heavy atom. The average molecular weight is 370 g/mol. The number of hydrogen-bond donors (Lipinski definition) is 1. The summed E-state index contributed by atoms with van der Waals surface area (Å²) in [6.45, 7) is 4.56. The van der Waals surface area contributed by atoms with Gasteiger partial charge in [-0.3, -0.25) is 9.59 Å². The smallest absolute Gasteiger partial charge is 0.318 e. The van der Waals surface area contributed by atoms with Gasteiger partial charge < -0.3 is 14.7 Å². The van der Waals surface area contributed by atoms with E-state index >= 15 is 0 Å². The van der Waals surface area contributed by atoms with E-state index in [4.69, 9.17) is 9.84 Å². The summed E-state index contributed by atoms with van der Waals surface area (Å²) in [6.07, 6.45) is 0. The Kier molecular flexibility index (Phi) is 6.15. The highest BCUT2D eigenvalue weighted by Gasteiger charge is 2.29. The van der Waals surface area contributed by atoms with Gasteiger partial charge in [0.2, 0.25) is 10.0 Å². The third kappa shape index (κ3) is 4.56. The Morgan fingerprint density at radius 2 is 1.76 bits per heavy atom. The van der Waals surface area contributed by atoms with Gasteiger partial charge >= 0.3 is 5.97 Å². The van der Waals surface area contributed by atoms with Crippen molar-refractivity contribution in [2.45, 2.75) is 24.8 Å². The molecule has 1 aromatic carbocycles. The lowest BCUT2D eigenvalue weighted by atomic mass is 10.2. The van der Waals surface area contributed by atoms with Crippen molar-refractivity contribution in [1.29, 1.82) is 0 Å². The molecule has 1 fully saturated rings. The first-order chi connectivity index (χ1) is 11.7. The van der Waals surface area contributed by atoms with E-state index in [0.717, 1.165) is 4.31 Å². The molecule has 25 heavy (non-hydrogen) atoms. The first kappa shape index (κ1) is 19.4. The Morgan fingerprint density at radius 3 is 2.24 bits per heavy atom. The molecule has 1 N–H and O–H groups in total. The summed E-state index contributed by atoms with van der Waals surface area (Å²) >= 11 is 0. The molecule has 1 saturated heterocycles. The number of amides is 1. The number of carboxylic acid groups (broad SMARTS) is 1. The molecule has 2 rings (SSSR count). The maximum atomic E-state index is 12.6. The normalized spacial score (nSPS) is 15.6. The van der Waals surface area contributed by atoms with E-state index in [1.165, 1.54) is 24.3 Å². The lowest BCUT2D eigenvalue weighted by Crippen LogP contribution is -2.41. The van der Waals surface area contributed by atoms with Gasteiger partial charge in [-0.25, -0.2) is 8.42 Å². The summed E-state index contributed by atoms with van der Waals surface area (Å²) < 4.78 is 31.4. The van der Waals surface area contributed by atoms with Crippen molar-refractivity contribution in [1.82, 2.24) is 9.21 Å². The summed E-state index contributed by atoms with van der Waals surface area (Å²) in [5.74, 6) is -1.41. The van der Waals surface area contributed by atoms with Crippen LogP contribution >= 0.6 is 0 Å². The number of hydrogen-bond acceptors (Lipinski definition) is 5. The predicted molar refractivity (Wildman–Crippen MR) is 89.8 cm³/mol. The minimum Gasteiger partial charge on any atom is -0.480 e. The Labute approximate surface area is 147 Å². The van der Waals surface area contributed by atoms with Crippen LogP contribution in [0.1, 0.15) is 24.2 Å². The van der Waals surface area contributed by atoms with Crippen molar-refractivity contribution in [2.24, 2.45) is 0 Å². The first-order valence-corrected chi connectivity index (χ1v) is 9.38. The Balaban J connectivity index is 2.22. The van der Waals surface area contributed by atoms with Crippen molar-refractivity contribution in [3.8, 4) is 0 Å². The summed E-state index contributed by atoms with van der Waals surface area (Å²) in [5, 5.41) is 8.94. The number of morpholine rings is 1. The minimum atomic E-state index is -3.96. The largest absolute Gasteiger partial charge is 0.480 e. The highest BCUT2D eigenvalue weighted by atomic mass is 32.2. The topological polar surface area (TPSA) is 104 Å². The number of carbonyl (C=O) groups excluding carboxylic acids is 1. The van der Waals surface area contributed by atoms with Gasteiger partial charge in [-0.05, 0) is 38.1 Å². The van der Waals surface area contributed by atoms with Crippen LogP contribution in [0.4, 0.5) is 0 Å².